The molecule has 0 aliphatic carbocycles. The third-order valence-corrected chi connectivity index (χ3v) is 2.81. The first-order valence-corrected chi connectivity index (χ1v) is 5.67. The predicted molar refractivity (Wildman–Crippen MR) is 65.2 cm³/mol. The van der Waals surface area contributed by atoms with Gasteiger partial charge in [-0.15, -0.1) is 0 Å². The fourth-order valence-corrected chi connectivity index (χ4v) is 1.71. The second-order valence-electron chi connectivity index (χ2n) is 4.15. The maximum Gasteiger partial charge on any atom is 0.255 e. The molecule has 0 saturated carbocycles. The van der Waals surface area contributed by atoms with Crippen molar-refractivity contribution in [2.24, 2.45) is 0 Å². The van der Waals surface area contributed by atoms with E-state index in [1.54, 1.807) is 13.8 Å². The van der Waals surface area contributed by atoms with Crippen molar-refractivity contribution in [3.8, 4) is 5.75 Å². The Labute approximate surface area is 109 Å². The van der Waals surface area contributed by atoms with Gasteiger partial charge in [-0.25, -0.2) is 4.39 Å². The van der Waals surface area contributed by atoms with Crippen molar-refractivity contribution in [3.63, 3.8) is 0 Å². The van der Waals surface area contributed by atoms with Gasteiger partial charge >= 0.3 is 0 Å². The molecule has 0 saturated heterocycles. The summed E-state index contributed by atoms with van der Waals surface area (Å²) in [5, 5.41) is 15.9. The van der Waals surface area contributed by atoms with E-state index in [-0.39, 0.29) is 17.9 Å². The van der Waals surface area contributed by atoms with Crippen LogP contribution in [0, 0.1) is 19.7 Å². The number of benzene rings is 1. The van der Waals surface area contributed by atoms with Crippen molar-refractivity contribution in [1.29, 1.82) is 0 Å². The number of rotatable bonds is 3. The monoisotopic (exact) mass is 264 g/mol. The van der Waals surface area contributed by atoms with Gasteiger partial charge in [0.1, 0.15) is 17.3 Å². The second-order valence-corrected chi connectivity index (χ2v) is 4.15. The van der Waals surface area contributed by atoms with Crippen molar-refractivity contribution < 1.29 is 18.8 Å². The van der Waals surface area contributed by atoms with Gasteiger partial charge in [-0.2, -0.15) is 0 Å². The number of aromatic hydroxyl groups is 1. The Morgan fingerprint density at radius 1 is 1.47 bits per heavy atom. The number of hydrogen-bond donors (Lipinski definition) is 2. The minimum atomic E-state index is -0.583. The zero-order chi connectivity index (χ0) is 14.0. The van der Waals surface area contributed by atoms with E-state index in [0.29, 0.717) is 11.5 Å². The summed E-state index contributed by atoms with van der Waals surface area (Å²) in [5.74, 6) is -0.795. The molecular formula is C13H13FN2O3. The Hall–Kier alpha value is -2.37. The van der Waals surface area contributed by atoms with Crippen LogP contribution in [0.25, 0.3) is 0 Å². The molecule has 100 valence electrons. The molecule has 19 heavy (non-hydrogen) atoms. The number of aryl methyl sites for hydroxylation is 2. The van der Waals surface area contributed by atoms with Gasteiger partial charge < -0.3 is 14.9 Å². The lowest BCUT2D eigenvalue weighted by Crippen LogP contribution is -2.23. The average Bonchev–Trinajstić information content (AvgIpc) is 2.69. The highest BCUT2D eigenvalue weighted by Gasteiger charge is 2.14. The first-order chi connectivity index (χ1) is 8.99. The van der Waals surface area contributed by atoms with Crippen molar-refractivity contribution >= 4 is 5.91 Å². The summed E-state index contributed by atoms with van der Waals surface area (Å²) in [4.78, 5) is 11.8. The molecule has 6 heteroatoms. The maximum atomic E-state index is 13.0. The van der Waals surface area contributed by atoms with Crippen LogP contribution in [0.5, 0.6) is 5.75 Å². The Morgan fingerprint density at radius 3 is 2.84 bits per heavy atom. The summed E-state index contributed by atoms with van der Waals surface area (Å²) in [5.41, 5.74) is 1.34. The molecule has 1 heterocycles. The van der Waals surface area contributed by atoms with Crippen LogP contribution in [0.2, 0.25) is 0 Å². The Bertz CT molecular complexity index is 603. The quantitative estimate of drug-likeness (QED) is 0.889. The molecule has 0 aliphatic heterocycles. The molecule has 0 radical (unpaired) electrons. The second kappa shape index (κ2) is 5.09. The van der Waals surface area contributed by atoms with Gasteiger partial charge in [-0.3, -0.25) is 4.79 Å². The minimum Gasteiger partial charge on any atom is -0.507 e. The van der Waals surface area contributed by atoms with E-state index < -0.39 is 11.7 Å². The average molecular weight is 264 g/mol. The largest absolute Gasteiger partial charge is 0.507 e. The number of carbonyl (C=O) groups excluding carboxylic acids is 1. The molecule has 5 nitrogen and oxygen atoms in total. The lowest BCUT2D eigenvalue weighted by molar-refractivity contribution is 0.0947. The third kappa shape index (κ3) is 2.73. The van der Waals surface area contributed by atoms with Gasteiger partial charge in [0.05, 0.1) is 11.3 Å². The first kappa shape index (κ1) is 13.1. The molecule has 2 aromatic rings. The number of nitrogens with zero attached hydrogens (tertiary/aromatic N) is 1. The van der Waals surface area contributed by atoms with Crippen LogP contribution in [-0.2, 0) is 6.54 Å². The fourth-order valence-electron chi connectivity index (χ4n) is 1.71. The highest BCUT2D eigenvalue weighted by Crippen LogP contribution is 2.18. The lowest BCUT2D eigenvalue weighted by atomic mass is 10.1. The molecule has 1 aromatic heterocycles. The zero-order valence-corrected chi connectivity index (χ0v) is 10.5. The molecule has 2 rings (SSSR count). The molecule has 0 atom stereocenters. The zero-order valence-electron chi connectivity index (χ0n) is 10.5. The molecule has 0 fully saturated rings. The van der Waals surface area contributed by atoms with Gasteiger partial charge in [0, 0.05) is 12.1 Å². The van der Waals surface area contributed by atoms with E-state index >= 15 is 0 Å². The first-order valence-electron chi connectivity index (χ1n) is 5.67. The normalized spacial score (nSPS) is 10.5. The van der Waals surface area contributed by atoms with E-state index in [1.165, 1.54) is 0 Å². The van der Waals surface area contributed by atoms with E-state index in [9.17, 15) is 14.3 Å². The molecule has 2 N–H and O–H groups in total. The number of aromatic nitrogens is 1. The fraction of sp³-hybridized carbons (Fsp3) is 0.231. The number of halogens is 1. The van der Waals surface area contributed by atoms with Crippen molar-refractivity contribution in [2.45, 2.75) is 20.4 Å². The molecule has 0 spiro atoms. The number of hydrogen-bond acceptors (Lipinski definition) is 4. The maximum absolute atomic E-state index is 13.0. The number of nitrogens with one attached hydrogen (secondary N) is 1. The lowest BCUT2D eigenvalue weighted by Gasteiger charge is -2.06. The summed E-state index contributed by atoms with van der Waals surface area (Å²) in [6, 6.07) is 3.21. The van der Waals surface area contributed by atoms with Crippen LogP contribution < -0.4 is 5.32 Å². The van der Waals surface area contributed by atoms with Crippen LogP contribution in [0.3, 0.4) is 0 Å². The predicted octanol–water partition coefficient (Wildman–Crippen LogP) is 2.07. The standard InChI is InChI=1S/C13H13FN2O3/c1-7-11(8(2)19-16-7)6-15-13(18)10-5-9(14)3-4-12(10)17/h3-5,17H,6H2,1-2H3,(H,15,18). The molecule has 1 amide bonds. The number of carbonyl (C=O) groups is 1. The van der Waals surface area contributed by atoms with Crippen molar-refractivity contribution in [2.75, 3.05) is 0 Å². The van der Waals surface area contributed by atoms with E-state index in [4.69, 9.17) is 4.52 Å². The van der Waals surface area contributed by atoms with Crippen LogP contribution in [0.1, 0.15) is 27.4 Å². The third-order valence-electron chi connectivity index (χ3n) is 2.81. The minimum absolute atomic E-state index is 0.105. The van der Waals surface area contributed by atoms with Crippen LogP contribution >= 0.6 is 0 Å². The van der Waals surface area contributed by atoms with E-state index in [2.05, 4.69) is 10.5 Å². The Kier molecular flexibility index (Phi) is 3.50. The van der Waals surface area contributed by atoms with Crippen LogP contribution in [0.15, 0.2) is 22.7 Å². The molecule has 0 unspecified atom stereocenters. The van der Waals surface area contributed by atoms with Crippen LogP contribution in [-0.4, -0.2) is 16.2 Å². The summed E-state index contributed by atoms with van der Waals surface area (Å²) >= 11 is 0. The van der Waals surface area contributed by atoms with Crippen molar-refractivity contribution in [1.82, 2.24) is 10.5 Å². The Morgan fingerprint density at radius 2 is 2.21 bits per heavy atom. The van der Waals surface area contributed by atoms with Gasteiger partial charge in [-0.1, -0.05) is 5.16 Å². The summed E-state index contributed by atoms with van der Waals surface area (Å²) in [6.45, 7) is 3.70. The summed E-state index contributed by atoms with van der Waals surface area (Å²) in [6.07, 6.45) is 0. The molecule has 0 aliphatic rings. The summed E-state index contributed by atoms with van der Waals surface area (Å²) < 4.78 is 18.0. The number of phenols is 1. The molecular weight excluding hydrogens is 251 g/mol. The van der Waals surface area contributed by atoms with Gasteiger partial charge in [0.2, 0.25) is 0 Å². The van der Waals surface area contributed by atoms with E-state index in [0.717, 1.165) is 23.8 Å². The van der Waals surface area contributed by atoms with Gasteiger partial charge in [-0.05, 0) is 32.0 Å². The van der Waals surface area contributed by atoms with Gasteiger partial charge in [0.15, 0.2) is 0 Å². The van der Waals surface area contributed by atoms with Gasteiger partial charge in [0.25, 0.3) is 5.91 Å². The summed E-state index contributed by atoms with van der Waals surface area (Å²) in [7, 11) is 0. The number of amides is 1. The Balaban J connectivity index is 2.12. The highest BCUT2D eigenvalue weighted by molar-refractivity contribution is 5.96. The number of phenolic OH excluding ortho intramolecular Hbond substituents is 1. The van der Waals surface area contributed by atoms with E-state index in [1.807, 2.05) is 0 Å². The smallest absolute Gasteiger partial charge is 0.255 e. The SMILES string of the molecule is Cc1noc(C)c1CNC(=O)c1cc(F)ccc1O. The molecule has 0 bridgehead atoms. The van der Waals surface area contributed by atoms with Crippen molar-refractivity contribution in [3.05, 3.63) is 46.6 Å². The van der Waals surface area contributed by atoms with Crippen LogP contribution in [0.4, 0.5) is 4.39 Å². The highest BCUT2D eigenvalue weighted by atomic mass is 19.1. The molecule has 1 aromatic carbocycles. The topological polar surface area (TPSA) is 75.4 Å².